The maximum Gasteiger partial charge on any atom is 0.701 e. The Balaban J connectivity index is 2.29. The lowest BCUT2D eigenvalue weighted by molar-refractivity contribution is -0.194. The van der Waals surface area contributed by atoms with E-state index in [0.717, 1.165) is 5.56 Å². The molecule has 0 fully saturated rings. The van der Waals surface area contributed by atoms with Crippen LogP contribution in [0, 0.1) is 0 Å². The lowest BCUT2D eigenvalue weighted by atomic mass is 10.2. The fourth-order valence-electron chi connectivity index (χ4n) is 1.15. The SMILES string of the molecule is C[Si](C)(C)OO[Si](O)(O)OCCc1ccccc1. The summed E-state index contributed by atoms with van der Waals surface area (Å²) in [5.41, 5.74) is 1.06. The van der Waals surface area contributed by atoms with Gasteiger partial charge in [0.2, 0.25) is 8.32 Å². The predicted octanol–water partition coefficient (Wildman–Crippen LogP) is 1.45. The summed E-state index contributed by atoms with van der Waals surface area (Å²) < 4.78 is 14.5. The van der Waals surface area contributed by atoms with Crippen LogP contribution in [0.15, 0.2) is 30.3 Å². The number of hydrogen-bond acceptors (Lipinski definition) is 5. The Bertz CT molecular complexity index is 350. The van der Waals surface area contributed by atoms with Crippen LogP contribution in [0.4, 0.5) is 0 Å². The van der Waals surface area contributed by atoms with Crippen molar-refractivity contribution in [2.75, 3.05) is 6.61 Å². The fraction of sp³-hybridized carbons (Fsp3) is 0.455. The zero-order valence-corrected chi connectivity index (χ0v) is 12.9. The molecule has 0 aromatic heterocycles. The van der Waals surface area contributed by atoms with Crippen molar-refractivity contribution in [1.82, 2.24) is 0 Å². The molecule has 7 heteroatoms. The third-order valence-corrected chi connectivity index (χ3v) is 3.55. The molecule has 1 aromatic rings. The van der Waals surface area contributed by atoms with Crippen molar-refractivity contribution in [2.24, 2.45) is 0 Å². The van der Waals surface area contributed by atoms with Crippen molar-refractivity contribution in [3.63, 3.8) is 0 Å². The summed E-state index contributed by atoms with van der Waals surface area (Å²) in [6.45, 7) is 5.81. The van der Waals surface area contributed by atoms with Crippen LogP contribution >= 0.6 is 0 Å². The van der Waals surface area contributed by atoms with Crippen LogP contribution in [0.1, 0.15) is 5.56 Å². The van der Waals surface area contributed by atoms with Gasteiger partial charge in [0.15, 0.2) is 0 Å². The molecule has 0 saturated carbocycles. The Morgan fingerprint density at radius 2 is 1.61 bits per heavy atom. The molecule has 0 amide bonds. The molecule has 0 aliphatic rings. The van der Waals surface area contributed by atoms with Crippen LogP contribution in [0.5, 0.6) is 0 Å². The highest BCUT2D eigenvalue weighted by atomic mass is 28.4. The molecule has 0 saturated heterocycles. The van der Waals surface area contributed by atoms with Crippen molar-refractivity contribution in [2.45, 2.75) is 26.1 Å². The lowest BCUT2D eigenvalue weighted by Crippen LogP contribution is -2.46. The molecule has 0 aliphatic carbocycles. The van der Waals surface area contributed by atoms with Gasteiger partial charge in [-0.1, -0.05) is 30.3 Å². The highest BCUT2D eigenvalue weighted by molar-refractivity contribution is 6.69. The van der Waals surface area contributed by atoms with E-state index in [4.69, 9.17) is 9.00 Å². The molecular formula is C11H20O5Si2. The van der Waals surface area contributed by atoms with Crippen molar-refractivity contribution >= 4 is 17.4 Å². The van der Waals surface area contributed by atoms with Crippen molar-refractivity contribution in [3.05, 3.63) is 35.9 Å². The van der Waals surface area contributed by atoms with Crippen LogP contribution in [0.25, 0.3) is 0 Å². The molecular weight excluding hydrogens is 268 g/mol. The summed E-state index contributed by atoms with van der Waals surface area (Å²) >= 11 is 0. The summed E-state index contributed by atoms with van der Waals surface area (Å²) in [6.07, 6.45) is 0.590. The zero-order valence-electron chi connectivity index (χ0n) is 10.9. The first-order chi connectivity index (χ1) is 8.29. The van der Waals surface area contributed by atoms with E-state index in [1.54, 1.807) is 0 Å². The second-order valence-corrected chi connectivity index (χ2v) is 10.9. The Hall–Kier alpha value is -0.546. The largest absolute Gasteiger partial charge is 0.701 e. The standard InChI is InChI=1S/C11H20O5Si2/c1-17(2,3)15-16-18(12,13)14-10-9-11-7-5-4-6-8-11/h4-8,12-13H,9-10H2,1-3H3. The maximum atomic E-state index is 9.50. The number of hydrogen-bond donors (Lipinski definition) is 2. The van der Waals surface area contributed by atoms with E-state index in [1.807, 2.05) is 50.0 Å². The van der Waals surface area contributed by atoms with E-state index in [9.17, 15) is 9.59 Å². The highest BCUT2D eigenvalue weighted by Crippen LogP contribution is 2.09. The zero-order chi connectivity index (χ0) is 13.6. The van der Waals surface area contributed by atoms with Gasteiger partial charge in [0.05, 0.1) is 0 Å². The van der Waals surface area contributed by atoms with Crippen LogP contribution in [0.2, 0.25) is 19.6 Å². The minimum absolute atomic E-state index is 0.179. The van der Waals surface area contributed by atoms with Crippen molar-refractivity contribution < 1.29 is 23.2 Å². The van der Waals surface area contributed by atoms with E-state index < -0.39 is 17.4 Å². The van der Waals surface area contributed by atoms with Gasteiger partial charge in [-0.15, -0.1) is 0 Å². The predicted molar refractivity (Wildman–Crippen MR) is 71.8 cm³/mol. The third-order valence-electron chi connectivity index (χ3n) is 1.92. The van der Waals surface area contributed by atoms with Gasteiger partial charge in [-0.25, -0.2) is 4.58 Å². The average molecular weight is 288 g/mol. The number of rotatable bonds is 7. The first kappa shape index (κ1) is 15.5. The van der Waals surface area contributed by atoms with Crippen molar-refractivity contribution in [3.8, 4) is 0 Å². The molecule has 1 aromatic carbocycles. The first-order valence-corrected chi connectivity index (χ1v) is 10.9. The van der Waals surface area contributed by atoms with E-state index in [2.05, 4.69) is 4.58 Å². The van der Waals surface area contributed by atoms with Crippen LogP contribution in [0.3, 0.4) is 0 Å². The Kier molecular flexibility index (Phi) is 5.66. The molecule has 102 valence electrons. The molecule has 0 unspecified atom stereocenters. The van der Waals surface area contributed by atoms with Gasteiger partial charge >= 0.3 is 9.05 Å². The van der Waals surface area contributed by atoms with Crippen molar-refractivity contribution in [1.29, 1.82) is 0 Å². The summed E-state index contributed by atoms with van der Waals surface area (Å²) in [6, 6.07) is 9.65. The molecule has 0 spiro atoms. The van der Waals surface area contributed by atoms with Gasteiger partial charge < -0.3 is 14.0 Å². The molecule has 18 heavy (non-hydrogen) atoms. The minimum Gasteiger partial charge on any atom is -0.366 e. The van der Waals surface area contributed by atoms with Gasteiger partial charge in [0.25, 0.3) is 0 Å². The van der Waals surface area contributed by atoms with Gasteiger partial charge in [0.1, 0.15) is 0 Å². The first-order valence-electron chi connectivity index (χ1n) is 5.78. The number of benzene rings is 1. The second kappa shape index (κ2) is 6.57. The molecule has 5 nitrogen and oxygen atoms in total. The quantitative estimate of drug-likeness (QED) is 0.451. The van der Waals surface area contributed by atoms with Crippen LogP contribution in [-0.2, 0) is 20.0 Å². The summed E-state index contributed by atoms with van der Waals surface area (Å²) in [5.74, 6) is 0. The smallest absolute Gasteiger partial charge is 0.366 e. The Morgan fingerprint density at radius 1 is 1.00 bits per heavy atom. The van der Waals surface area contributed by atoms with Crippen LogP contribution in [-0.4, -0.2) is 33.6 Å². The molecule has 0 aliphatic heterocycles. The second-order valence-electron chi connectivity index (χ2n) is 4.91. The summed E-state index contributed by atoms with van der Waals surface area (Å²) in [4.78, 5) is 19.0. The molecule has 0 radical (unpaired) electrons. The van der Waals surface area contributed by atoms with Gasteiger partial charge in [-0.05, 0) is 31.6 Å². The van der Waals surface area contributed by atoms with E-state index in [1.165, 1.54) is 0 Å². The average Bonchev–Trinajstić information content (AvgIpc) is 2.27. The van der Waals surface area contributed by atoms with E-state index in [-0.39, 0.29) is 6.61 Å². The van der Waals surface area contributed by atoms with E-state index >= 15 is 0 Å². The molecule has 1 rings (SSSR count). The molecule has 0 bridgehead atoms. The molecule has 0 heterocycles. The Morgan fingerprint density at radius 3 is 2.17 bits per heavy atom. The lowest BCUT2D eigenvalue weighted by Gasteiger charge is -2.21. The normalized spacial score (nSPS) is 12.7. The summed E-state index contributed by atoms with van der Waals surface area (Å²) in [5, 5.41) is 0. The third kappa shape index (κ3) is 7.01. The highest BCUT2D eigenvalue weighted by Gasteiger charge is 2.40. The van der Waals surface area contributed by atoms with Gasteiger partial charge in [-0.2, -0.15) is 0 Å². The Labute approximate surface area is 109 Å². The monoisotopic (exact) mass is 288 g/mol. The van der Waals surface area contributed by atoms with Crippen LogP contribution < -0.4 is 0 Å². The van der Waals surface area contributed by atoms with E-state index in [0.29, 0.717) is 6.42 Å². The molecule has 0 atom stereocenters. The van der Waals surface area contributed by atoms with Gasteiger partial charge in [0, 0.05) is 6.61 Å². The van der Waals surface area contributed by atoms with Gasteiger partial charge in [-0.3, -0.25) is 4.58 Å². The maximum absolute atomic E-state index is 9.50. The molecule has 2 N–H and O–H groups in total. The minimum atomic E-state index is -4.15. The fourth-order valence-corrected chi connectivity index (χ4v) is 3.00. The topological polar surface area (TPSA) is 68.2 Å². The summed E-state index contributed by atoms with van der Waals surface area (Å²) in [7, 11) is -6.11.